The first-order valence-corrected chi connectivity index (χ1v) is 21.7. The number of unbranched alkanes of at least 4 members (excludes halogenated alkanes) is 14. The largest absolute Gasteiger partial charge is 0.506 e. The highest BCUT2D eigenvalue weighted by Crippen LogP contribution is 2.51. The second kappa shape index (κ2) is 18.3. The average molecular weight is 774 g/mol. The number of aliphatic hydroxyl groups is 1. The van der Waals surface area contributed by atoms with Crippen LogP contribution in [0.15, 0.2) is 65.1 Å². The molecule has 5 rings (SSSR count). The number of ketones is 1. The maximum absolute atomic E-state index is 14.1. The van der Waals surface area contributed by atoms with E-state index in [1.54, 1.807) is 12.1 Å². The number of nitrogens with zero attached hydrogens (tertiary/aromatic N) is 2. The topological polar surface area (TPSA) is 43.5 Å². The van der Waals surface area contributed by atoms with Crippen LogP contribution in [0.4, 0.5) is 24.5 Å². The number of Topliss-reactive ketones (excluding diaryl/α,β-unsaturated/α-hetero) is 1. The lowest BCUT2D eigenvalue weighted by molar-refractivity contribution is -0.438. The summed E-state index contributed by atoms with van der Waals surface area (Å²) in [7, 11) is 0. The fraction of sp³-hybridized carbons (Fsp3) is 0.592. The van der Waals surface area contributed by atoms with Gasteiger partial charge in [-0.3, -0.25) is 4.79 Å². The zero-order valence-electron chi connectivity index (χ0n) is 35.7. The summed E-state index contributed by atoms with van der Waals surface area (Å²) >= 11 is 0. The van der Waals surface area contributed by atoms with E-state index in [0.717, 1.165) is 61.8 Å². The lowest BCUT2D eigenvalue weighted by atomic mass is 9.77. The van der Waals surface area contributed by atoms with Crippen molar-refractivity contribution in [3.05, 3.63) is 92.9 Å². The van der Waals surface area contributed by atoms with Crippen LogP contribution in [0.1, 0.15) is 172 Å². The molecule has 0 amide bonds. The van der Waals surface area contributed by atoms with E-state index in [2.05, 4.69) is 63.2 Å². The Morgan fingerprint density at radius 2 is 1.27 bits per heavy atom. The highest BCUT2D eigenvalue weighted by Gasteiger charge is 2.48. The van der Waals surface area contributed by atoms with E-state index in [-0.39, 0.29) is 22.5 Å². The van der Waals surface area contributed by atoms with Gasteiger partial charge in [0.2, 0.25) is 11.5 Å². The maximum atomic E-state index is 14.1. The molecular weight excluding hydrogens is 706 g/mol. The van der Waals surface area contributed by atoms with Crippen LogP contribution in [-0.4, -0.2) is 34.3 Å². The van der Waals surface area contributed by atoms with Crippen LogP contribution < -0.4 is 4.90 Å². The molecule has 3 aliphatic rings. The van der Waals surface area contributed by atoms with Crippen LogP contribution in [0.25, 0.3) is 0 Å². The number of anilines is 1. The quantitative estimate of drug-likeness (QED) is 0.0828. The molecule has 1 N–H and O–H groups in total. The van der Waals surface area contributed by atoms with E-state index in [9.17, 15) is 23.1 Å². The fourth-order valence-electron chi connectivity index (χ4n) is 8.97. The Labute approximate surface area is 335 Å². The van der Waals surface area contributed by atoms with Crippen LogP contribution in [-0.2, 0) is 21.8 Å². The highest BCUT2D eigenvalue weighted by molar-refractivity contribution is 6.24. The average Bonchev–Trinajstić information content (AvgIpc) is 3.48. The van der Waals surface area contributed by atoms with Gasteiger partial charge in [-0.1, -0.05) is 111 Å². The van der Waals surface area contributed by atoms with Gasteiger partial charge >= 0.3 is 6.18 Å². The summed E-state index contributed by atoms with van der Waals surface area (Å²) in [6.07, 6.45) is 18.1. The summed E-state index contributed by atoms with van der Waals surface area (Å²) in [6.45, 7) is 18.4. The van der Waals surface area contributed by atoms with Crippen LogP contribution >= 0.6 is 0 Å². The Balaban J connectivity index is 1.45. The zero-order valence-corrected chi connectivity index (χ0v) is 35.7. The standard InChI is InChI=1S/C49H67F3N2O2/c1-9-11-13-15-17-19-21-23-27-53-41-26-25-36(49(50,51)52)31-40(41)48(7,8)43(53)32-37-45(55)38(46(37)56)33-44-47(5,6)39-29-34(3)35(4)30-42(39)54(44)28-24-22-20-18-16-14-12-10-2/h25-26,29-33H,9-24,27-28H2,1-8H3/p+1. The fourth-order valence-corrected chi connectivity index (χ4v) is 8.97. The minimum atomic E-state index is -4.46. The van der Waals surface area contributed by atoms with Crippen molar-refractivity contribution in [2.45, 2.75) is 175 Å². The van der Waals surface area contributed by atoms with E-state index in [0.29, 0.717) is 17.7 Å². The van der Waals surface area contributed by atoms with Gasteiger partial charge in [0.25, 0.3) is 0 Å². The molecule has 0 atom stereocenters. The molecule has 7 heteroatoms. The summed E-state index contributed by atoms with van der Waals surface area (Å²) in [5, 5.41) is 11.7. The van der Waals surface area contributed by atoms with Gasteiger partial charge in [0, 0.05) is 47.5 Å². The number of halogens is 3. The predicted octanol–water partition coefficient (Wildman–Crippen LogP) is 14.0. The monoisotopic (exact) mass is 774 g/mol. The highest BCUT2D eigenvalue weighted by atomic mass is 19.4. The van der Waals surface area contributed by atoms with Gasteiger partial charge in [0.1, 0.15) is 12.3 Å². The number of carbonyl (C=O) groups excluding carboxylic acids is 1. The number of hydrogen-bond donors (Lipinski definition) is 1. The molecule has 2 aromatic rings. The SMILES string of the molecule is CCCCCCCCCCN1/C(=C\C2=C(O)C(=C\C3=[N+](CCCCCCCCCC)c4cc(C)c(C)cc4C3(C)C)/C2=O)C(C)(C)c2cc(C(F)(F)F)ccc21. The number of alkyl halides is 3. The van der Waals surface area contributed by atoms with Crippen molar-refractivity contribution in [2.75, 3.05) is 18.0 Å². The molecule has 2 aliphatic heterocycles. The van der Waals surface area contributed by atoms with E-state index < -0.39 is 17.2 Å². The Kier molecular flexibility index (Phi) is 14.2. The minimum absolute atomic E-state index is 0.0455. The molecular formula is C49H68F3N2O2+. The number of allylic oxidation sites excluding steroid dienone is 5. The molecule has 0 fully saturated rings. The molecule has 4 nitrogen and oxygen atoms in total. The molecule has 2 heterocycles. The summed E-state index contributed by atoms with van der Waals surface area (Å²) in [5.41, 5.74) is 6.58. The molecule has 0 saturated carbocycles. The number of aryl methyl sites for hydroxylation is 2. The second-order valence-corrected chi connectivity index (χ2v) is 17.8. The van der Waals surface area contributed by atoms with Gasteiger partial charge in [-0.25, -0.2) is 0 Å². The van der Waals surface area contributed by atoms with Crippen molar-refractivity contribution in [3.63, 3.8) is 0 Å². The van der Waals surface area contributed by atoms with Crippen molar-refractivity contribution < 1.29 is 27.6 Å². The molecule has 2 aromatic carbocycles. The van der Waals surface area contributed by atoms with E-state index >= 15 is 0 Å². The van der Waals surface area contributed by atoms with Crippen LogP contribution in [0.3, 0.4) is 0 Å². The summed E-state index contributed by atoms with van der Waals surface area (Å²) in [6, 6.07) is 8.54. The smallest absolute Gasteiger partial charge is 0.416 e. The number of carbonyl (C=O) groups is 1. The summed E-state index contributed by atoms with van der Waals surface area (Å²) < 4.78 is 44.1. The first kappa shape index (κ1) is 43.5. The molecule has 0 saturated heterocycles. The summed E-state index contributed by atoms with van der Waals surface area (Å²) in [4.78, 5) is 16.2. The summed E-state index contributed by atoms with van der Waals surface area (Å²) in [5.74, 6) is -0.278. The van der Waals surface area contributed by atoms with Gasteiger partial charge in [0.15, 0.2) is 5.71 Å². The Morgan fingerprint density at radius 1 is 0.714 bits per heavy atom. The number of benzene rings is 2. The Bertz CT molecular complexity index is 1870. The Morgan fingerprint density at radius 3 is 1.84 bits per heavy atom. The van der Waals surface area contributed by atoms with Crippen molar-refractivity contribution in [1.29, 1.82) is 0 Å². The van der Waals surface area contributed by atoms with Gasteiger partial charge in [0.05, 0.1) is 22.1 Å². The lowest BCUT2D eigenvalue weighted by Crippen LogP contribution is -2.32. The van der Waals surface area contributed by atoms with Gasteiger partial charge in [-0.05, 0) is 87.6 Å². The van der Waals surface area contributed by atoms with Crippen molar-refractivity contribution in [1.82, 2.24) is 0 Å². The van der Waals surface area contributed by atoms with Gasteiger partial charge in [-0.2, -0.15) is 17.7 Å². The molecule has 306 valence electrons. The molecule has 0 bridgehead atoms. The first-order chi connectivity index (χ1) is 26.5. The van der Waals surface area contributed by atoms with Crippen LogP contribution in [0, 0.1) is 13.8 Å². The molecule has 0 radical (unpaired) electrons. The normalized spacial score (nSPS) is 18.8. The van der Waals surface area contributed by atoms with Gasteiger partial charge in [-0.15, -0.1) is 0 Å². The van der Waals surface area contributed by atoms with E-state index in [1.165, 1.54) is 99.1 Å². The number of aliphatic hydroxyl groups excluding tert-OH is 1. The first-order valence-electron chi connectivity index (χ1n) is 21.7. The van der Waals surface area contributed by atoms with Crippen molar-refractivity contribution in [3.8, 4) is 0 Å². The minimum Gasteiger partial charge on any atom is -0.506 e. The predicted molar refractivity (Wildman–Crippen MR) is 227 cm³/mol. The third kappa shape index (κ3) is 9.23. The number of fused-ring (bicyclic) bond motifs is 2. The number of hydrogen-bond acceptors (Lipinski definition) is 3. The van der Waals surface area contributed by atoms with Crippen LogP contribution in [0.2, 0.25) is 0 Å². The van der Waals surface area contributed by atoms with E-state index in [1.807, 2.05) is 19.9 Å². The molecule has 0 spiro atoms. The van der Waals surface area contributed by atoms with Crippen LogP contribution in [0.5, 0.6) is 0 Å². The third-order valence-corrected chi connectivity index (χ3v) is 12.8. The van der Waals surface area contributed by atoms with E-state index in [4.69, 9.17) is 0 Å². The zero-order chi connectivity index (χ0) is 40.8. The molecule has 1 aliphatic carbocycles. The molecule has 56 heavy (non-hydrogen) atoms. The lowest BCUT2D eigenvalue weighted by Gasteiger charge is -2.29. The maximum Gasteiger partial charge on any atom is 0.416 e. The van der Waals surface area contributed by atoms with Crippen molar-refractivity contribution in [2.24, 2.45) is 0 Å². The molecule has 0 unspecified atom stereocenters. The van der Waals surface area contributed by atoms with Crippen molar-refractivity contribution >= 4 is 22.9 Å². The third-order valence-electron chi connectivity index (χ3n) is 12.8. The van der Waals surface area contributed by atoms with Gasteiger partial charge < -0.3 is 10.0 Å². The number of rotatable bonds is 20. The Hall–Kier alpha value is -3.61. The molecule has 0 aromatic heterocycles. The second-order valence-electron chi connectivity index (χ2n) is 17.8.